The van der Waals surface area contributed by atoms with Crippen molar-refractivity contribution in [3.63, 3.8) is 0 Å². The van der Waals surface area contributed by atoms with E-state index in [-0.39, 0.29) is 6.04 Å². The number of hydrogen-bond acceptors (Lipinski definition) is 2. The summed E-state index contributed by atoms with van der Waals surface area (Å²) in [7, 11) is 0. The molecule has 1 aromatic heterocycles. The van der Waals surface area contributed by atoms with Crippen molar-refractivity contribution in [2.45, 2.75) is 38.6 Å². The van der Waals surface area contributed by atoms with Gasteiger partial charge in [-0.1, -0.05) is 0 Å². The molecule has 0 bridgehead atoms. The van der Waals surface area contributed by atoms with Crippen LogP contribution in [0.1, 0.15) is 54.8 Å². The summed E-state index contributed by atoms with van der Waals surface area (Å²) in [5, 5.41) is 4.43. The third kappa shape index (κ3) is 1.50. The van der Waals surface area contributed by atoms with E-state index in [1.807, 2.05) is 19.9 Å². The van der Waals surface area contributed by atoms with Crippen LogP contribution >= 0.6 is 0 Å². The second kappa shape index (κ2) is 2.98. The minimum Gasteiger partial charge on any atom is -0.296 e. The van der Waals surface area contributed by atoms with Gasteiger partial charge in [0.1, 0.15) is 5.69 Å². The second-order valence-corrected chi connectivity index (χ2v) is 3.92. The van der Waals surface area contributed by atoms with E-state index in [0.717, 1.165) is 12.0 Å². The number of carbonyl (C=O) groups is 1. The van der Waals surface area contributed by atoms with Crippen LogP contribution in [0.15, 0.2) is 6.07 Å². The zero-order chi connectivity index (χ0) is 9.42. The Morgan fingerprint density at radius 1 is 1.62 bits per heavy atom. The van der Waals surface area contributed by atoms with Crippen LogP contribution in [0.2, 0.25) is 0 Å². The molecule has 70 valence electrons. The predicted molar refractivity (Wildman–Crippen MR) is 50.0 cm³/mol. The van der Waals surface area contributed by atoms with E-state index >= 15 is 0 Å². The highest BCUT2D eigenvalue weighted by molar-refractivity contribution is 5.72. The first-order chi connectivity index (χ1) is 6.22. The van der Waals surface area contributed by atoms with Crippen LogP contribution in [-0.4, -0.2) is 16.1 Å². The van der Waals surface area contributed by atoms with E-state index in [0.29, 0.717) is 11.6 Å². The van der Waals surface area contributed by atoms with E-state index in [9.17, 15) is 4.79 Å². The summed E-state index contributed by atoms with van der Waals surface area (Å²) in [5.41, 5.74) is 1.80. The third-order valence-corrected chi connectivity index (χ3v) is 2.39. The molecule has 0 radical (unpaired) electrons. The number of carbonyl (C=O) groups excluding carboxylic acids is 1. The maximum absolute atomic E-state index is 10.7. The molecule has 0 aromatic carbocycles. The summed E-state index contributed by atoms with van der Waals surface area (Å²) < 4.78 is 1.81. The SMILES string of the molecule is CC(C)n1nc(C2CC2)cc1C=O. The largest absolute Gasteiger partial charge is 0.296 e. The Hall–Kier alpha value is -1.12. The lowest BCUT2D eigenvalue weighted by Gasteiger charge is -2.06. The molecule has 0 amide bonds. The summed E-state index contributed by atoms with van der Waals surface area (Å²) >= 11 is 0. The minimum absolute atomic E-state index is 0.271. The van der Waals surface area contributed by atoms with Gasteiger partial charge in [0.2, 0.25) is 0 Å². The fourth-order valence-corrected chi connectivity index (χ4v) is 1.51. The maximum Gasteiger partial charge on any atom is 0.168 e. The van der Waals surface area contributed by atoms with E-state index in [1.165, 1.54) is 12.8 Å². The molecule has 1 aromatic rings. The molecule has 0 aliphatic heterocycles. The topological polar surface area (TPSA) is 34.9 Å². The first kappa shape index (κ1) is 8.48. The van der Waals surface area contributed by atoms with Crippen LogP contribution in [0.25, 0.3) is 0 Å². The monoisotopic (exact) mass is 178 g/mol. The van der Waals surface area contributed by atoms with Gasteiger partial charge in [-0.3, -0.25) is 9.48 Å². The lowest BCUT2D eigenvalue weighted by atomic mass is 10.3. The highest BCUT2D eigenvalue weighted by Gasteiger charge is 2.27. The minimum atomic E-state index is 0.271. The van der Waals surface area contributed by atoms with Gasteiger partial charge in [0.15, 0.2) is 6.29 Å². The summed E-state index contributed by atoms with van der Waals surface area (Å²) in [6.45, 7) is 4.08. The molecular formula is C10H14N2O. The molecule has 0 spiro atoms. The van der Waals surface area contributed by atoms with E-state index in [4.69, 9.17) is 0 Å². The Morgan fingerprint density at radius 3 is 2.69 bits per heavy atom. The van der Waals surface area contributed by atoms with E-state index < -0.39 is 0 Å². The van der Waals surface area contributed by atoms with Gasteiger partial charge >= 0.3 is 0 Å². The van der Waals surface area contributed by atoms with Crippen molar-refractivity contribution in [1.82, 2.24) is 9.78 Å². The van der Waals surface area contributed by atoms with Crippen molar-refractivity contribution in [2.75, 3.05) is 0 Å². The number of aromatic nitrogens is 2. The number of hydrogen-bond donors (Lipinski definition) is 0. The first-order valence-electron chi connectivity index (χ1n) is 4.77. The number of aldehydes is 1. The van der Waals surface area contributed by atoms with Crippen molar-refractivity contribution >= 4 is 6.29 Å². The number of nitrogens with zero attached hydrogens (tertiary/aromatic N) is 2. The lowest BCUT2D eigenvalue weighted by molar-refractivity contribution is 0.111. The molecule has 3 heteroatoms. The molecule has 1 heterocycles. The molecule has 1 fully saturated rings. The van der Waals surface area contributed by atoms with Crippen molar-refractivity contribution in [2.24, 2.45) is 0 Å². The molecular weight excluding hydrogens is 164 g/mol. The molecule has 2 rings (SSSR count). The van der Waals surface area contributed by atoms with Crippen LogP contribution in [0.4, 0.5) is 0 Å². The van der Waals surface area contributed by atoms with Gasteiger partial charge in [0.05, 0.1) is 5.69 Å². The van der Waals surface area contributed by atoms with Gasteiger partial charge in [0, 0.05) is 12.0 Å². The second-order valence-electron chi connectivity index (χ2n) is 3.92. The van der Waals surface area contributed by atoms with Gasteiger partial charge in [0.25, 0.3) is 0 Å². The average Bonchev–Trinajstić information content (AvgIpc) is 2.84. The smallest absolute Gasteiger partial charge is 0.168 e. The van der Waals surface area contributed by atoms with Gasteiger partial charge in [-0.25, -0.2) is 0 Å². The summed E-state index contributed by atoms with van der Waals surface area (Å²) in [6.07, 6.45) is 3.35. The molecule has 0 unspecified atom stereocenters. The Morgan fingerprint density at radius 2 is 2.31 bits per heavy atom. The molecule has 0 saturated heterocycles. The summed E-state index contributed by atoms with van der Waals surface area (Å²) in [5.74, 6) is 0.624. The van der Waals surface area contributed by atoms with Gasteiger partial charge in [-0.2, -0.15) is 5.10 Å². The quantitative estimate of drug-likeness (QED) is 0.665. The molecule has 1 saturated carbocycles. The van der Waals surface area contributed by atoms with Gasteiger partial charge in [-0.05, 0) is 32.8 Å². The highest BCUT2D eigenvalue weighted by atomic mass is 16.1. The van der Waals surface area contributed by atoms with E-state index in [2.05, 4.69) is 5.10 Å². The average molecular weight is 178 g/mol. The van der Waals surface area contributed by atoms with Crippen molar-refractivity contribution < 1.29 is 4.79 Å². The van der Waals surface area contributed by atoms with Crippen LogP contribution in [0, 0.1) is 0 Å². The Kier molecular flexibility index (Phi) is 1.94. The summed E-state index contributed by atoms with van der Waals surface area (Å²) in [6, 6.07) is 2.19. The molecule has 3 nitrogen and oxygen atoms in total. The van der Waals surface area contributed by atoms with Crippen molar-refractivity contribution in [3.8, 4) is 0 Å². The highest BCUT2D eigenvalue weighted by Crippen LogP contribution is 2.39. The third-order valence-electron chi connectivity index (χ3n) is 2.39. The fraction of sp³-hybridized carbons (Fsp3) is 0.600. The Bertz CT molecular complexity index is 324. The van der Waals surface area contributed by atoms with Crippen molar-refractivity contribution in [1.29, 1.82) is 0 Å². The van der Waals surface area contributed by atoms with E-state index in [1.54, 1.807) is 4.68 Å². The summed E-state index contributed by atoms with van der Waals surface area (Å²) in [4.78, 5) is 10.7. The Balaban J connectivity index is 2.35. The van der Waals surface area contributed by atoms with Gasteiger partial charge in [-0.15, -0.1) is 0 Å². The fourth-order valence-electron chi connectivity index (χ4n) is 1.51. The zero-order valence-corrected chi connectivity index (χ0v) is 8.03. The molecule has 0 N–H and O–H groups in total. The predicted octanol–water partition coefficient (Wildman–Crippen LogP) is 2.15. The standard InChI is InChI=1S/C10H14N2O/c1-7(2)12-9(6-13)5-10(11-12)8-3-4-8/h5-8H,3-4H2,1-2H3. The first-order valence-corrected chi connectivity index (χ1v) is 4.77. The molecule has 1 aliphatic rings. The number of rotatable bonds is 3. The molecule has 0 atom stereocenters. The lowest BCUT2D eigenvalue weighted by Crippen LogP contribution is -2.06. The van der Waals surface area contributed by atoms with Crippen LogP contribution < -0.4 is 0 Å². The Labute approximate surface area is 77.7 Å². The normalized spacial score (nSPS) is 16.5. The van der Waals surface area contributed by atoms with Crippen molar-refractivity contribution in [3.05, 3.63) is 17.5 Å². The molecule has 13 heavy (non-hydrogen) atoms. The zero-order valence-electron chi connectivity index (χ0n) is 8.03. The van der Waals surface area contributed by atoms with Gasteiger partial charge < -0.3 is 0 Å². The maximum atomic E-state index is 10.7. The van der Waals surface area contributed by atoms with Crippen LogP contribution in [0.5, 0.6) is 0 Å². The molecule has 1 aliphatic carbocycles. The van der Waals surface area contributed by atoms with Crippen LogP contribution in [-0.2, 0) is 0 Å². The van der Waals surface area contributed by atoms with Crippen LogP contribution in [0.3, 0.4) is 0 Å².